The van der Waals surface area contributed by atoms with Gasteiger partial charge in [0.25, 0.3) is 0 Å². The number of benzene rings is 1. The second-order valence-corrected chi connectivity index (χ2v) is 9.19. The predicted molar refractivity (Wildman–Crippen MR) is 126 cm³/mol. The summed E-state index contributed by atoms with van der Waals surface area (Å²) in [5, 5.41) is 6.54. The zero-order chi connectivity index (χ0) is 19.7. The fourth-order valence-electron chi connectivity index (χ4n) is 2.83. The maximum atomic E-state index is 11.5. The minimum absolute atomic E-state index is 0. The van der Waals surface area contributed by atoms with Crippen LogP contribution in [-0.2, 0) is 9.84 Å². The average Bonchev–Trinajstić information content (AvgIpc) is 2.61. The number of nitrogens with zero attached hydrogens (tertiary/aromatic N) is 2. The third-order valence-corrected chi connectivity index (χ3v) is 5.94. The van der Waals surface area contributed by atoms with Crippen molar-refractivity contribution in [3.63, 3.8) is 0 Å². The summed E-state index contributed by atoms with van der Waals surface area (Å²) in [5.41, 5.74) is 1.17. The highest BCUT2D eigenvalue weighted by Gasteiger charge is 2.20. The Labute approximate surface area is 186 Å². The molecule has 2 rings (SSSR count). The maximum absolute atomic E-state index is 11.5. The number of guanidine groups is 1. The number of hydrogen-bond acceptors (Lipinski definition) is 5. The number of halogens is 1. The van der Waals surface area contributed by atoms with E-state index in [4.69, 9.17) is 4.74 Å². The normalized spacial score (nSPS) is 18.0. The van der Waals surface area contributed by atoms with E-state index in [1.807, 2.05) is 45.0 Å². The van der Waals surface area contributed by atoms with Gasteiger partial charge in [-0.3, -0.25) is 4.90 Å². The standard InChI is InChI=1S/C19H32N4O3S.HI/c1-4-20-19(21-8-9-23-10-12-27(24,25)13-11-23)22-15-17(3)26-18-7-5-6-16(2)14-18;/h5-7,14,17H,4,8-13,15H2,1-3H3,(H2,20,21,22);1H. The summed E-state index contributed by atoms with van der Waals surface area (Å²) in [4.78, 5) is 6.76. The molecule has 28 heavy (non-hydrogen) atoms. The number of sulfone groups is 1. The largest absolute Gasteiger partial charge is 0.489 e. The molecule has 7 nitrogen and oxygen atoms in total. The number of hydrogen-bond donors (Lipinski definition) is 2. The molecular weight excluding hydrogens is 491 g/mol. The summed E-state index contributed by atoms with van der Waals surface area (Å²) >= 11 is 0. The van der Waals surface area contributed by atoms with Crippen LogP contribution in [0.3, 0.4) is 0 Å². The Morgan fingerprint density at radius 3 is 2.64 bits per heavy atom. The van der Waals surface area contributed by atoms with Gasteiger partial charge >= 0.3 is 0 Å². The van der Waals surface area contributed by atoms with Gasteiger partial charge in [-0.05, 0) is 38.5 Å². The lowest BCUT2D eigenvalue weighted by molar-refractivity contribution is 0.230. The molecule has 1 aromatic carbocycles. The molecule has 0 aromatic heterocycles. The first-order valence-corrected chi connectivity index (χ1v) is 11.4. The quantitative estimate of drug-likeness (QED) is 0.306. The van der Waals surface area contributed by atoms with Crippen LogP contribution in [-0.4, -0.2) is 76.2 Å². The Bertz CT molecular complexity index is 714. The van der Waals surface area contributed by atoms with Crippen LogP contribution < -0.4 is 15.4 Å². The van der Waals surface area contributed by atoms with Gasteiger partial charge in [-0.25, -0.2) is 13.4 Å². The van der Waals surface area contributed by atoms with Crippen molar-refractivity contribution in [1.29, 1.82) is 0 Å². The van der Waals surface area contributed by atoms with Crippen LogP contribution in [0.25, 0.3) is 0 Å². The molecule has 0 bridgehead atoms. The van der Waals surface area contributed by atoms with E-state index >= 15 is 0 Å². The molecule has 1 unspecified atom stereocenters. The van der Waals surface area contributed by atoms with Gasteiger partial charge in [-0.1, -0.05) is 12.1 Å². The first kappa shape index (κ1) is 25.0. The summed E-state index contributed by atoms with van der Waals surface area (Å²) in [6.45, 7) is 10.1. The molecule has 9 heteroatoms. The first-order chi connectivity index (χ1) is 12.9. The number of nitrogens with one attached hydrogen (secondary N) is 2. The Balaban J connectivity index is 0.00000392. The molecule has 0 amide bonds. The Morgan fingerprint density at radius 2 is 2.00 bits per heavy atom. The van der Waals surface area contributed by atoms with E-state index < -0.39 is 9.84 Å². The molecule has 0 saturated carbocycles. The van der Waals surface area contributed by atoms with E-state index in [0.717, 1.165) is 31.3 Å². The van der Waals surface area contributed by atoms with Crippen LogP contribution in [0.4, 0.5) is 0 Å². The van der Waals surface area contributed by atoms with Crippen LogP contribution in [0.1, 0.15) is 19.4 Å². The van der Waals surface area contributed by atoms with Gasteiger partial charge in [0.1, 0.15) is 11.9 Å². The van der Waals surface area contributed by atoms with Gasteiger partial charge in [-0.15, -0.1) is 24.0 Å². The average molecular weight is 524 g/mol. The SMILES string of the molecule is CCNC(=NCC(C)Oc1cccc(C)c1)NCCN1CCS(=O)(=O)CC1.I. The highest BCUT2D eigenvalue weighted by molar-refractivity contribution is 14.0. The lowest BCUT2D eigenvalue weighted by atomic mass is 10.2. The van der Waals surface area contributed by atoms with E-state index in [1.54, 1.807) is 0 Å². The van der Waals surface area contributed by atoms with Gasteiger partial charge in [0.2, 0.25) is 0 Å². The van der Waals surface area contributed by atoms with Crippen molar-refractivity contribution in [2.45, 2.75) is 26.9 Å². The number of aliphatic imine (C=N–C) groups is 1. The number of rotatable bonds is 8. The molecule has 1 atom stereocenters. The second-order valence-electron chi connectivity index (χ2n) is 6.88. The molecule has 0 radical (unpaired) electrons. The van der Waals surface area contributed by atoms with E-state index in [0.29, 0.717) is 19.6 Å². The fraction of sp³-hybridized carbons (Fsp3) is 0.632. The molecule has 1 fully saturated rings. The molecule has 160 valence electrons. The maximum Gasteiger partial charge on any atom is 0.191 e. The number of ether oxygens (including phenoxy) is 1. The molecule has 0 aliphatic carbocycles. The predicted octanol–water partition coefficient (Wildman–Crippen LogP) is 1.67. The van der Waals surface area contributed by atoms with Crippen molar-refractivity contribution in [1.82, 2.24) is 15.5 Å². The van der Waals surface area contributed by atoms with Crippen molar-refractivity contribution < 1.29 is 13.2 Å². The van der Waals surface area contributed by atoms with Crippen LogP contribution >= 0.6 is 24.0 Å². The molecule has 1 aromatic rings. The molecule has 0 spiro atoms. The molecule has 1 saturated heterocycles. The van der Waals surface area contributed by atoms with Crippen molar-refractivity contribution in [3.8, 4) is 5.75 Å². The van der Waals surface area contributed by atoms with E-state index in [2.05, 4.69) is 20.5 Å². The molecule has 1 aliphatic heterocycles. The van der Waals surface area contributed by atoms with Crippen LogP contribution in [0, 0.1) is 6.92 Å². The Kier molecular flexibility index (Phi) is 11.1. The zero-order valence-corrected chi connectivity index (χ0v) is 20.1. The minimum atomic E-state index is -2.82. The highest BCUT2D eigenvalue weighted by atomic mass is 127. The van der Waals surface area contributed by atoms with Gasteiger partial charge < -0.3 is 15.4 Å². The second kappa shape index (κ2) is 12.5. The lowest BCUT2D eigenvalue weighted by Crippen LogP contribution is -2.46. The molecular formula is C19H33IN4O3S. The minimum Gasteiger partial charge on any atom is -0.489 e. The van der Waals surface area contributed by atoms with Crippen molar-refractivity contribution in [2.75, 3.05) is 50.8 Å². The first-order valence-electron chi connectivity index (χ1n) is 9.56. The lowest BCUT2D eigenvalue weighted by Gasteiger charge is -2.26. The fourth-order valence-corrected chi connectivity index (χ4v) is 4.10. The molecule has 1 heterocycles. The van der Waals surface area contributed by atoms with Crippen molar-refractivity contribution in [3.05, 3.63) is 29.8 Å². The van der Waals surface area contributed by atoms with Crippen molar-refractivity contribution in [2.24, 2.45) is 4.99 Å². The highest BCUT2D eigenvalue weighted by Crippen LogP contribution is 2.14. The third-order valence-electron chi connectivity index (χ3n) is 4.34. The van der Waals surface area contributed by atoms with Crippen LogP contribution in [0.15, 0.2) is 29.3 Å². The molecule has 2 N–H and O–H groups in total. The Hall–Kier alpha value is -1.07. The third kappa shape index (κ3) is 9.42. The van der Waals surface area contributed by atoms with Gasteiger partial charge in [0.15, 0.2) is 15.8 Å². The van der Waals surface area contributed by atoms with Crippen LogP contribution in [0.5, 0.6) is 5.75 Å². The van der Waals surface area contributed by atoms with E-state index in [1.165, 1.54) is 5.56 Å². The topological polar surface area (TPSA) is 83.0 Å². The van der Waals surface area contributed by atoms with E-state index in [-0.39, 0.29) is 41.6 Å². The Morgan fingerprint density at radius 1 is 1.29 bits per heavy atom. The summed E-state index contributed by atoms with van der Waals surface area (Å²) in [5.74, 6) is 2.13. The van der Waals surface area contributed by atoms with Crippen molar-refractivity contribution >= 4 is 39.8 Å². The van der Waals surface area contributed by atoms with Gasteiger partial charge in [-0.2, -0.15) is 0 Å². The van der Waals surface area contributed by atoms with Crippen LogP contribution in [0.2, 0.25) is 0 Å². The smallest absolute Gasteiger partial charge is 0.191 e. The van der Waals surface area contributed by atoms with E-state index in [9.17, 15) is 8.42 Å². The molecule has 1 aliphatic rings. The van der Waals surface area contributed by atoms with Gasteiger partial charge in [0, 0.05) is 32.7 Å². The summed E-state index contributed by atoms with van der Waals surface area (Å²) < 4.78 is 28.9. The summed E-state index contributed by atoms with van der Waals surface area (Å²) in [7, 11) is -2.82. The zero-order valence-electron chi connectivity index (χ0n) is 17.0. The monoisotopic (exact) mass is 524 g/mol. The van der Waals surface area contributed by atoms with Gasteiger partial charge in [0.05, 0.1) is 18.1 Å². The summed E-state index contributed by atoms with van der Waals surface area (Å²) in [6.07, 6.45) is -0.0328. The number of aryl methyl sites for hydroxylation is 1. The summed E-state index contributed by atoms with van der Waals surface area (Å²) in [6, 6.07) is 8.00.